The van der Waals surface area contributed by atoms with E-state index >= 15 is 0 Å². The molecule has 2 aromatic rings. The van der Waals surface area contributed by atoms with Crippen LogP contribution in [-0.4, -0.2) is 5.97 Å². The van der Waals surface area contributed by atoms with Gasteiger partial charge in [0.25, 0.3) is 0 Å². The Morgan fingerprint density at radius 1 is 1.31 bits per heavy atom. The zero-order valence-electron chi connectivity index (χ0n) is 8.46. The molecule has 0 N–H and O–H groups in total. The van der Waals surface area contributed by atoms with Crippen LogP contribution in [-0.2, 0) is 4.79 Å². The van der Waals surface area contributed by atoms with Gasteiger partial charge in [-0.2, -0.15) is 0 Å². The number of ether oxygens (including phenoxy) is 1. The fourth-order valence-electron chi connectivity index (χ4n) is 1.49. The van der Waals surface area contributed by atoms with Gasteiger partial charge in [0.05, 0.1) is 0 Å². The lowest BCUT2D eigenvalue weighted by atomic mass is 10.1. The summed E-state index contributed by atoms with van der Waals surface area (Å²) in [5.41, 5.74) is 0. The molecule has 0 aliphatic carbocycles. The monoisotopic (exact) mass is 282 g/mol. The van der Waals surface area contributed by atoms with Crippen molar-refractivity contribution in [1.29, 1.82) is 0 Å². The van der Waals surface area contributed by atoms with Crippen LogP contribution in [0.3, 0.4) is 0 Å². The summed E-state index contributed by atoms with van der Waals surface area (Å²) < 4.78 is 18.8. The predicted octanol–water partition coefficient (Wildman–Crippen LogP) is 3.67. The largest absolute Gasteiger partial charge is 0.427 e. The molecule has 82 valence electrons. The maximum Gasteiger partial charge on any atom is 0.308 e. The van der Waals surface area contributed by atoms with E-state index < -0.39 is 5.97 Å². The first-order valence-corrected chi connectivity index (χ1v) is 5.43. The van der Waals surface area contributed by atoms with E-state index in [9.17, 15) is 9.18 Å². The summed E-state index contributed by atoms with van der Waals surface area (Å²) in [6.45, 7) is 1.32. The topological polar surface area (TPSA) is 26.3 Å². The standard InChI is InChI=1S/C12H8BrFO2/c1-7(15)16-10-5-8-4-9(14)2-3-11(8)12(13)6-10/h2-6H,1H3. The van der Waals surface area contributed by atoms with E-state index in [1.54, 1.807) is 18.2 Å². The summed E-state index contributed by atoms with van der Waals surface area (Å²) in [5, 5.41) is 1.56. The van der Waals surface area contributed by atoms with Gasteiger partial charge < -0.3 is 4.74 Å². The third-order valence-electron chi connectivity index (χ3n) is 2.10. The van der Waals surface area contributed by atoms with Gasteiger partial charge in [0.2, 0.25) is 0 Å². The molecule has 0 aliphatic heterocycles. The average Bonchev–Trinajstić information content (AvgIpc) is 2.15. The molecule has 16 heavy (non-hydrogen) atoms. The minimum Gasteiger partial charge on any atom is -0.427 e. The van der Waals surface area contributed by atoms with Crippen molar-refractivity contribution in [3.8, 4) is 5.75 Å². The third kappa shape index (κ3) is 2.22. The third-order valence-corrected chi connectivity index (χ3v) is 2.76. The van der Waals surface area contributed by atoms with Gasteiger partial charge in [-0.25, -0.2) is 4.39 Å². The lowest BCUT2D eigenvalue weighted by molar-refractivity contribution is -0.131. The highest BCUT2D eigenvalue weighted by Crippen LogP contribution is 2.30. The number of carbonyl (C=O) groups excluding carboxylic acids is 1. The Hall–Kier alpha value is -1.42. The molecule has 0 unspecified atom stereocenters. The first-order chi connectivity index (χ1) is 7.56. The molecule has 0 aromatic heterocycles. The highest BCUT2D eigenvalue weighted by atomic mass is 79.9. The van der Waals surface area contributed by atoms with Gasteiger partial charge in [0.1, 0.15) is 11.6 Å². The molecule has 0 radical (unpaired) electrons. The van der Waals surface area contributed by atoms with Gasteiger partial charge in [-0.3, -0.25) is 4.79 Å². The lowest BCUT2D eigenvalue weighted by Gasteiger charge is -2.05. The molecule has 2 rings (SSSR count). The van der Waals surface area contributed by atoms with Gasteiger partial charge in [0, 0.05) is 11.4 Å². The molecule has 0 bridgehead atoms. The SMILES string of the molecule is CC(=O)Oc1cc(Br)c2ccc(F)cc2c1. The van der Waals surface area contributed by atoms with Crippen molar-refractivity contribution in [2.24, 2.45) is 0 Å². The van der Waals surface area contributed by atoms with Crippen LogP contribution in [0.4, 0.5) is 4.39 Å². The molecule has 2 nitrogen and oxygen atoms in total. The fourth-order valence-corrected chi connectivity index (χ4v) is 2.08. The van der Waals surface area contributed by atoms with Crippen molar-refractivity contribution < 1.29 is 13.9 Å². The smallest absolute Gasteiger partial charge is 0.308 e. The summed E-state index contributed by atoms with van der Waals surface area (Å²) in [7, 11) is 0. The number of carbonyl (C=O) groups is 1. The van der Waals surface area contributed by atoms with Crippen LogP contribution >= 0.6 is 15.9 Å². The molecule has 0 heterocycles. The number of hydrogen-bond donors (Lipinski definition) is 0. The summed E-state index contributed by atoms with van der Waals surface area (Å²) >= 11 is 3.35. The number of esters is 1. The molecule has 0 amide bonds. The molecular formula is C12H8BrFO2. The van der Waals surface area contributed by atoms with Crippen molar-refractivity contribution in [1.82, 2.24) is 0 Å². The Morgan fingerprint density at radius 2 is 2.06 bits per heavy atom. The van der Waals surface area contributed by atoms with E-state index in [2.05, 4.69) is 15.9 Å². The normalized spacial score (nSPS) is 10.4. The zero-order chi connectivity index (χ0) is 11.7. The molecule has 0 saturated heterocycles. The maximum atomic E-state index is 13.0. The first kappa shape index (κ1) is 11.1. The van der Waals surface area contributed by atoms with Crippen LogP contribution in [0.2, 0.25) is 0 Å². The highest BCUT2D eigenvalue weighted by Gasteiger charge is 2.05. The fraction of sp³-hybridized carbons (Fsp3) is 0.0833. The van der Waals surface area contributed by atoms with E-state index in [4.69, 9.17) is 4.74 Å². The van der Waals surface area contributed by atoms with E-state index in [1.807, 2.05) is 0 Å². The van der Waals surface area contributed by atoms with Crippen molar-refractivity contribution in [2.45, 2.75) is 6.92 Å². The second-order valence-electron chi connectivity index (χ2n) is 3.36. The van der Waals surface area contributed by atoms with E-state index in [0.717, 1.165) is 9.86 Å². The second-order valence-corrected chi connectivity index (χ2v) is 4.22. The van der Waals surface area contributed by atoms with E-state index in [0.29, 0.717) is 11.1 Å². The van der Waals surface area contributed by atoms with Crippen LogP contribution in [0.5, 0.6) is 5.75 Å². The number of benzene rings is 2. The Balaban J connectivity index is 2.60. The number of halogens is 2. The Morgan fingerprint density at radius 3 is 2.75 bits per heavy atom. The molecule has 2 aromatic carbocycles. The summed E-state index contributed by atoms with van der Waals surface area (Å²) in [6, 6.07) is 7.77. The minimum absolute atomic E-state index is 0.320. The molecule has 4 heteroatoms. The van der Waals surface area contributed by atoms with Crippen molar-refractivity contribution in [3.63, 3.8) is 0 Å². The summed E-state index contributed by atoms with van der Waals surface area (Å²) in [5.74, 6) is -0.320. The number of rotatable bonds is 1. The van der Waals surface area contributed by atoms with Crippen LogP contribution in [0.15, 0.2) is 34.8 Å². The van der Waals surface area contributed by atoms with Gasteiger partial charge in [-0.15, -0.1) is 0 Å². The van der Waals surface area contributed by atoms with Gasteiger partial charge in [-0.05, 0) is 35.0 Å². The predicted molar refractivity (Wildman–Crippen MR) is 62.9 cm³/mol. The molecule has 0 atom stereocenters. The van der Waals surface area contributed by atoms with Gasteiger partial charge in [-0.1, -0.05) is 22.0 Å². The van der Waals surface area contributed by atoms with Crippen molar-refractivity contribution in [2.75, 3.05) is 0 Å². The van der Waals surface area contributed by atoms with Crippen LogP contribution in [0.25, 0.3) is 10.8 Å². The molecule has 0 aliphatic rings. The quantitative estimate of drug-likeness (QED) is 0.589. The van der Waals surface area contributed by atoms with Crippen LogP contribution in [0.1, 0.15) is 6.92 Å². The van der Waals surface area contributed by atoms with Gasteiger partial charge >= 0.3 is 5.97 Å². The molecule has 0 fully saturated rings. The van der Waals surface area contributed by atoms with Crippen molar-refractivity contribution >= 4 is 32.7 Å². The average molecular weight is 283 g/mol. The lowest BCUT2D eigenvalue weighted by Crippen LogP contribution is -2.01. The number of fused-ring (bicyclic) bond motifs is 1. The van der Waals surface area contributed by atoms with Crippen LogP contribution in [0, 0.1) is 5.82 Å². The maximum absolute atomic E-state index is 13.0. The highest BCUT2D eigenvalue weighted by molar-refractivity contribution is 9.10. The summed E-state index contributed by atoms with van der Waals surface area (Å²) in [4.78, 5) is 10.8. The van der Waals surface area contributed by atoms with Crippen molar-refractivity contribution in [3.05, 3.63) is 40.6 Å². The Labute approximate surface area is 100 Å². The second kappa shape index (κ2) is 4.22. The molecule has 0 saturated carbocycles. The van der Waals surface area contributed by atoms with E-state index in [1.165, 1.54) is 19.1 Å². The Kier molecular flexibility index (Phi) is 2.92. The minimum atomic E-state index is -0.400. The summed E-state index contributed by atoms with van der Waals surface area (Å²) in [6.07, 6.45) is 0. The zero-order valence-corrected chi connectivity index (χ0v) is 10.0. The molecular weight excluding hydrogens is 275 g/mol. The first-order valence-electron chi connectivity index (χ1n) is 4.63. The molecule has 0 spiro atoms. The van der Waals surface area contributed by atoms with Crippen LogP contribution < -0.4 is 4.74 Å². The Bertz CT molecular complexity index is 566. The van der Waals surface area contributed by atoms with Gasteiger partial charge in [0.15, 0.2) is 0 Å². The van der Waals surface area contributed by atoms with E-state index in [-0.39, 0.29) is 5.82 Å². The number of hydrogen-bond acceptors (Lipinski definition) is 2.